The quantitative estimate of drug-likeness (QED) is 0.377. The number of hydrogen-bond donors (Lipinski definition) is 0. The van der Waals surface area contributed by atoms with E-state index in [1.54, 1.807) is 0 Å². The maximum atomic E-state index is 8.22. The normalized spacial score (nSPS) is 12.2. The summed E-state index contributed by atoms with van der Waals surface area (Å²) in [6.07, 6.45) is 0. The number of aryl methyl sites for hydroxylation is 2. The number of nitrogens with zero attached hydrogens (tertiary/aromatic N) is 3. The summed E-state index contributed by atoms with van der Waals surface area (Å²) in [4.78, 5) is 2.75. The summed E-state index contributed by atoms with van der Waals surface area (Å²) >= 11 is 0. The first kappa shape index (κ1) is 8.68. The van der Waals surface area contributed by atoms with Crippen LogP contribution in [0.2, 0.25) is 0 Å². The minimum atomic E-state index is -0.146. The second-order valence-electron chi connectivity index (χ2n) is 2.75. The fourth-order valence-electron chi connectivity index (χ4n) is 1.20. The van der Waals surface area contributed by atoms with Gasteiger partial charge in [-0.15, -0.1) is 0 Å². The molecule has 0 N–H and O–H groups in total. The van der Waals surface area contributed by atoms with E-state index >= 15 is 0 Å². The van der Waals surface area contributed by atoms with E-state index in [0.717, 1.165) is 17.1 Å². The van der Waals surface area contributed by atoms with Gasteiger partial charge in [-0.05, 0) is 25.4 Å². The fourth-order valence-corrected chi connectivity index (χ4v) is 1.20. The molecule has 0 amide bonds. The molecular formula is C8H11N3O. The van der Waals surface area contributed by atoms with E-state index in [1.165, 1.54) is 0 Å². The molecule has 1 atom stereocenters. The van der Waals surface area contributed by atoms with Crippen molar-refractivity contribution in [2.75, 3.05) is 0 Å². The second kappa shape index (κ2) is 3.32. The molecule has 4 heteroatoms. The summed E-state index contributed by atoms with van der Waals surface area (Å²) in [6.45, 7) is 5.59. The van der Waals surface area contributed by atoms with E-state index in [-0.39, 0.29) is 6.04 Å². The molecule has 0 aliphatic rings. The first-order chi connectivity index (χ1) is 5.65. The van der Waals surface area contributed by atoms with Crippen molar-refractivity contribution < 1.29 is 4.42 Å². The van der Waals surface area contributed by atoms with E-state index in [9.17, 15) is 0 Å². The van der Waals surface area contributed by atoms with Crippen molar-refractivity contribution >= 4 is 0 Å². The van der Waals surface area contributed by atoms with Crippen molar-refractivity contribution in [2.45, 2.75) is 26.8 Å². The monoisotopic (exact) mass is 165 g/mol. The van der Waals surface area contributed by atoms with Crippen molar-refractivity contribution in [1.29, 1.82) is 0 Å². The minimum absolute atomic E-state index is 0.146. The highest BCUT2D eigenvalue weighted by Gasteiger charge is 2.10. The van der Waals surface area contributed by atoms with Gasteiger partial charge in [-0.25, -0.2) is 0 Å². The Labute approximate surface area is 70.8 Å². The van der Waals surface area contributed by atoms with Gasteiger partial charge in [-0.1, -0.05) is 12.0 Å². The Bertz CT molecular complexity index is 323. The largest absolute Gasteiger partial charge is 0.466 e. The fraction of sp³-hybridized carbons (Fsp3) is 0.500. The van der Waals surface area contributed by atoms with Gasteiger partial charge in [0.15, 0.2) is 0 Å². The molecule has 0 fully saturated rings. The van der Waals surface area contributed by atoms with Gasteiger partial charge in [-0.3, -0.25) is 0 Å². The second-order valence-corrected chi connectivity index (χ2v) is 2.75. The lowest BCUT2D eigenvalue weighted by Crippen LogP contribution is -1.86. The smallest absolute Gasteiger partial charge is 0.104 e. The number of rotatable bonds is 2. The summed E-state index contributed by atoms with van der Waals surface area (Å²) in [7, 11) is 0. The maximum absolute atomic E-state index is 8.22. The third-order valence-corrected chi connectivity index (χ3v) is 1.75. The molecule has 0 radical (unpaired) electrons. The van der Waals surface area contributed by atoms with Crippen LogP contribution < -0.4 is 0 Å². The van der Waals surface area contributed by atoms with Crippen LogP contribution in [-0.4, -0.2) is 0 Å². The van der Waals surface area contributed by atoms with Crippen molar-refractivity contribution in [2.24, 2.45) is 5.11 Å². The molecule has 0 unspecified atom stereocenters. The highest BCUT2D eigenvalue weighted by Crippen LogP contribution is 2.23. The standard InChI is InChI=1S/C8H11N3O/c1-5-4-8(7(3)12-5)6(2)10-11-9/h4,6H,1-3H3/t6-/m1/s1. The van der Waals surface area contributed by atoms with Crippen molar-refractivity contribution in [3.8, 4) is 0 Å². The van der Waals surface area contributed by atoms with Crippen LogP contribution in [0.15, 0.2) is 15.6 Å². The molecule has 0 aliphatic heterocycles. The SMILES string of the molecule is Cc1cc([C@@H](C)N=[N+]=[N-])c(C)o1. The van der Waals surface area contributed by atoms with Gasteiger partial charge in [0.25, 0.3) is 0 Å². The first-order valence-corrected chi connectivity index (χ1v) is 3.76. The van der Waals surface area contributed by atoms with E-state index in [4.69, 9.17) is 9.95 Å². The zero-order valence-corrected chi connectivity index (χ0v) is 7.40. The number of furan rings is 1. The zero-order chi connectivity index (χ0) is 9.14. The molecule has 0 aliphatic carbocycles. The molecule has 1 aromatic heterocycles. The van der Waals surface area contributed by atoms with Gasteiger partial charge >= 0.3 is 0 Å². The molecule has 4 nitrogen and oxygen atoms in total. The molecule has 1 aromatic rings. The molecule has 0 saturated heterocycles. The molecule has 0 spiro atoms. The van der Waals surface area contributed by atoms with Crippen LogP contribution in [0.4, 0.5) is 0 Å². The minimum Gasteiger partial charge on any atom is -0.466 e. The molecule has 1 rings (SSSR count). The van der Waals surface area contributed by atoms with Crippen LogP contribution in [0.25, 0.3) is 10.4 Å². The third kappa shape index (κ3) is 1.60. The molecule has 12 heavy (non-hydrogen) atoms. The molecule has 0 bridgehead atoms. The molecule has 1 heterocycles. The maximum Gasteiger partial charge on any atom is 0.104 e. The van der Waals surface area contributed by atoms with E-state index in [0.29, 0.717) is 0 Å². The van der Waals surface area contributed by atoms with Crippen molar-refractivity contribution in [3.05, 3.63) is 33.6 Å². The van der Waals surface area contributed by atoms with E-state index < -0.39 is 0 Å². The predicted octanol–water partition coefficient (Wildman–Crippen LogP) is 3.27. The summed E-state index contributed by atoms with van der Waals surface area (Å²) in [5.41, 5.74) is 9.19. The van der Waals surface area contributed by atoms with E-state index in [2.05, 4.69) is 10.0 Å². The Hall–Kier alpha value is -1.41. The Balaban J connectivity index is 3.01. The van der Waals surface area contributed by atoms with Gasteiger partial charge in [0.2, 0.25) is 0 Å². The van der Waals surface area contributed by atoms with Gasteiger partial charge in [0, 0.05) is 10.5 Å². The van der Waals surface area contributed by atoms with Crippen LogP contribution in [0.5, 0.6) is 0 Å². The average molecular weight is 165 g/mol. The van der Waals surface area contributed by atoms with Crippen LogP contribution in [-0.2, 0) is 0 Å². The lowest BCUT2D eigenvalue weighted by atomic mass is 10.1. The molecule has 0 aromatic carbocycles. The molecular weight excluding hydrogens is 154 g/mol. The first-order valence-electron chi connectivity index (χ1n) is 3.76. The summed E-state index contributed by atoms with van der Waals surface area (Å²) in [5.74, 6) is 1.68. The Morgan fingerprint density at radius 2 is 2.25 bits per heavy atom. The van der Waals surface area contributed by atoms with Crippen LogP contribution in [0.3, 0.4) is 0 Å². The highest BCUT2D eigenvalue weighted by atomic mass is 16.3. The van der Waals surface area contributed by atoms with E-state index in [1.807, 2.05) is 26.8 Å². The van der Waals surface area contributed by atoms with Gasteiger partial charge in [-0.2, -0.15) is 0 Å². The lowest BCUT2D eigenvalue weighted by molar-refractivity contribution is 0.499. The number of hydrogen-bond acceptors (Lipinski definition) is 2. The summed E-state index contributed by atoms with van der Waals surface area (Å²) in [6, 6.07) is 1.75. The third-order valence-electron chi connectivity index (χ3n) is 1.75. The highest BCUT2D eigenvalue weighted by molar-refractivity contribution is 5.23. The number of azide groups is 1. The summed E-state index contributed by atoms with van der Waals surface area (Å²) < 4.78 is 5.30. The van der Waals surface area contributed by atoms with Crippen LogP contribution in [0.1, 0.15) is 30.0 Å². The van der Waals surface area contributed by atoms with Crippen LogP contribution >= 0.6 is 0 Å². The Kier molecular flexibility index (Phi) is 2.41. The van der Waals surface area contributed by atoms with Crippen molar-refractivity contribution in [3.63, 3.8) is 0 Å². The van der Waals surface area contributed by atoms with Crippen LogP contribution in [0, 0.1) is 13.8 Å². The summed E-state index contributed by atoms with van der Waals surface area (Å²) in [5, 5.41) is 3.59. The topological polar surface area (TPSA) is 61.9 Å². The van der Waals surface area contributed by atoms with Gasteiger partial charge in [0.1, 0.15) is 11.5 Å². The van der Waals surface area contributed by atoms with Gasteiger partial charge < -0.3 is 4.42 Å². The Morgan fingerprint density at radius 1 is 1.58 bits per heavy atom. The van der Waals surface area contributed by atoms with Gasteiger partial charge in [0.05, 0.1) is 6.04 Å². The molecule has 64 valence electrons. The van der Waals surface area contributed by atoms with Crippen molar-refractivity contribution in [1.82, 2.24) is 0 Å². The lowest BCUT2D eigenvalue weighted by Gasteiger charge is -1.99. The Morgan fingerprint density at radius 3 is 2.67 bits per heavy atom. The predicted molar refractivity (Wildman–Crippen MR) is 45.7 cm³/mol. The average Bonchev–Trinajstić information content (AvgIpc) is 2.30. The molecule has 0 saturated carbocycles. The zero-order valence-electron chi connectivity index (χ0n) is 7.40.